The predicted molar refractivity (Wildman–Crippen MR) is 84.4 cm³/mol. The molecule has 1 aromatic rings. The number of benzene rings is 1. The van der Waals surface area contributed by atoms with Gasteiger partial charge in [0.2, 0.25) is 11.8 Å². The molecule has 3 heterocycles. The maximum absolute atomic E-state index is 12.9. The standard InChI is InChI=1S/C18H17NO5/c1-10(21)11-3-5-12(6-4-11)19-15(22)13-14(16(19)23)18(9-20)8-7-17(13,2)24-18/h3-8,13-14,20H,9H2,1-2H3/t13-,14+,17-,18-/m0/s1. The monoisotopic (exact) mass is 327 g/mol. The lowest BCUT2D eigenvalue weighted by Crippen LogP contribution is -2.43. The fraction of sp³-hybridized carbons (Fsp3) is 0.389. The zero-order chi connectivity index (χ0) is 17.3. The molecule has 0 radical (unpaired) electrons. The molecule has 0 saturated carbocycles. The molecular weight excluding hydrogens is 310 g/mol. The number of fused-ring (bicyclic) bond motifs is 5. The topological polar surface area (TPSA) is 83.9 Å². The van der Waals surface area contributed by atoms with Gasteiger partial charge in [-0.25, -0.2) is 4.90 Å². The van der Waals surface area contributed by atoms with E-state index in [4.69, 9.17) is 4.74 Å². The quantitative estimate of drug-likeness (QED) is 0.510. The van der Waals surface area contributed by atoms with Crippen LogP contribution in [0, 0.1) is 11.8 Å². The van der Waals surface area contributed by atoms with Gasteiger partial charge in [-0.15, -0.1) is 0 Å². The lowest BCUT2D eigenvalue weighted by atomic mass is 9.73. The largest absolute Gasteiger partial charge is 0.393 e. The number of ketones is 1. The summed E-state index contributed by atoms with van der Waals surface area (Å²) in [4.78, 5) is 38.4. The number of nitrogens with zero attached hydrogens (tertiary/aromatic N) is 1. The molecule has 6 nitrogen and oxygen atoms in total. The van der Waals surface area contributed by atoms with E-state index in [2.05, 4.69) is 0 Å². The van der Waals surface area contributed by atoms with Crippen molar-refractivity contribution in [1.82, 2.24) is 0 Å². The van der Waals surface area contributed by atoms with Crippen molar-refractivity contribution in [2.45, 2.75) is 25.0 Å². The summed E-state index contributed by atoms with van der Waals surface area (Å²) in [6.07, 6.45) is 3.46. The summed E-state index contributed by atoms with van der Waals surface area (Å²) in [5.41, 5.74) is -1.06. The van der Waals surface area contributed by atoms with Crippen molar-refractivity contribution in [2.75, 3.05) is 11.5 Å². The van der Waals surface area contributed by atoms with E-state index in [0.29, 0.717) is 11.3 Å². The lowest BCUT2D eigenvalue weighted by molar-refractivity contribution is -0.131. The Morgan fingerprint density at radius 2 is 1.79 bits per heavy atom. The minimum Gasteiger partial charge on any atom is -0.393 e. The molecule has 0 unspecified atom stereocenters. The summed E-state index contributed by atoms with van der Waals surface area (Å²) in [7, 11) is 0. The molecule has 124 valence electrons. The first-order chi connectivity index (χ1) is 11.3. The van der Waals surface area contributed by atoms with Gasteiger partial charge in [0.1, 0.15) is 5.60 Å². The number of Topliss-reactive ketones (excluding diaryl/α,β-unsaturated/α-hetero) is 1. The normalized spacial score (nSPS) is 36.5. The predicted octanol–water partition coefficient (Wildman–Crippen LogP) is 1.08. The molecule has 3 aliphatic rings. The van der Waals surface area contributed by atoms with Crippen LogP contribution in [0.5, 0.6) is 0 Å². The Balaban J connectivity index is 1.75. The molecule has 1 N–H and O–H groups in total. The van der Waals surface area contributed by atoms with Gasteiger partial charge in [0.15, 0.2) is 5.78 Å². The lowest BCUT2D eigenvalue weighted by Gasteiger charge is -2.27. The fourth-order valence-corrected chi connectivity index (χ4v) is 4.14. The first kappa shape index (κ1) is 15.2. The number of amides is 2. The highest BCUT2D eigenvalue weighted by atomic mass is 16.5. The number of carbonyl (C=O) groups is 3. The second kappa shape index (κ2) is 4.62. The van der Waals surface area contributed by atoms with Crippen LogP contribution in [0.1, 0.15) is 24.2 Å². The molecule has 1 aromatic carbocycles. The van der Waals surface area contributed by atoms with Crippen LogP contribution in [-0.2, 0) is 14.3 Å². The van der Waals surface area contributed by atoms with Crippen LogP contribution in [-0.4, -0.2) is 40.5 Å². The summed E-state index contributed by atoms with van der Waals surface area (Å²) in [5, 5.41) is 9.77. The number of rotatable bonds is 3. The van der Waals surface area contributed by atoms with Crippen molar-refractivity contribution in [1.29, 1.82) is 0 Å². The van der Waals surface area contributed by atoms with Crippen LogP contribution in [0.4, 0.5) is 5.69 Å². The summed E-state index contributed by atoms with van der Waals surface area (Å²) in [6.45, 7) is 2.87. The minimum absolute atomic E-state index is 0.0834. The molecule has 2 bridgehead atoms. The second-order valence-electron chi connectivity index (χ2n) is 6.80. The molecule has 4 rings (SSSR count). The van der Waals surface area contributed by atoms with Gasteiger partial charge in [-0.3, -0.25) is 14.4 Å². The van der Waals surface area contributed by atoms with Gasteiger partial charge in [0.25, 0.3) is 0 Å². The van der Waals surface area contributed by atoms with Gasteiger partial charge in [0, 0.05) is 5.56 Å². The Kier molecular flexibility index (Phi) is 2.93. The van der Waals surface area contributed by atoms with E-state index >= 15 is 0 Å². The number of aliphatic hydroxyl groups is 1. The van der Waals surface area contributed by atoms with Gasteiger partial charge in [0.05, 0.1) is 29.7 Å². The van der Waals surface area contributed by atoms with Gasteiger partial charge >= 0.3 is 0 Å². The third-order valence-electron chi connectivity index (χ3n) is 5.34. The van der Waals surface area contributed by atoms with Crippen molar-refractivity contribution >= 4 is 23.3 Å². The Bertz CT molecular complexity index is 798. The average molecular weight is 327 g/mol. The summed E-state index contributed by atoms with van der Waals surface area (Å²) in [6, 6.07) is 6.38. The van der Waals surface area contributed by atoms with Crippen LogP contribution >= 0.6 is 0 Å². The molecule has 0 spiro atoms. The van der Waals surface area contributed by atoms with E-state index in [0.717, 1.165) is 4.90 Å². The van der Waals surface area contributed by atoms with E-state index in [9.17, 15) is 19.5 Å². The van der Waals surface area contributed by atoms with Crippen LogP contribution in [0.15, 0.2) is 36.4 Å². The fourth-order valence-electron chi connectivity index (χ4n) is 4.14. The molecule has 4 atom stereocenters. The Morgan fingerprint density at radius 1 is 1.17 bits per heavy atom. The van der Waals surface area contributed by atoms with Crippen molar-refractivity contribution in [3.63, 3.8) is 0 Å². The highest BCUT2D eigenvalue weighted by molar-refractivity contribution is 6.23. The van der Waals surface area contributed by atoms with Crippen LogP contribution in [0.25, 0.3) is 0 Å². The zero-order valence-electron chi connectivity index (χ0n) is 13.4. The maximum atomic E-state index is 12.9. The number of aliphatic hydroxyl groups excluding tert-OH is 1. The molecule has 24 heavy (non-hydrogen) atoms. The molecule has 6 heteroatoms. The van der Waals surface area contributed by atoms with E-state index in [-0.39, 0.29) is 24.2 Å². The maximum Gasteiger partial charge on any atom is 0.241 e. The van der Waals surface area contributed by atoms with E-state index in [1.54, 1.807) is 43.3 Å². The second-order valence-corrected chi connectivity index (χ2v) is 6.80. The molecule has 0 aromatic heterocycles. The van der Waals surface area contributed by atoms with E-state index in [1.807, 2.05) is 0 Å². The third-order valence-corrected chi connectivity index (χ3v) is 5.34. The minimum atomic E-state index is -1.12. The molecule has 2 amide bonds. The van der Waals surface area contributed by atoms with Crippen LogP contribution in [0.2, 0.25) is 0 Å². The SMILES string of the molecule is CC(=O)c1ccc(N2C(=O)[C@@H]3[C@H](C2=O)[C@@]2(CO)C=C[C@]3(C)O2)cc1. The molecule has 2 fully saturated rings. The number of hydrogen-bond donors (Lipinski definition) is 1. The summed E-state index contributed by atoms with van der Waals surface area (Å²) in [5.74, 6) is -2.16. The first-order valence-corrected chi connectivity index (χ1v) is 7.83. The highest BCUT2D eigenvalue weighted by Crippen LogP contribution is 2.57. The van der Waals surface area contributed by atoms with Crippen molar-refractivity contribution in [3.05, 3.63) is 42.0 Å². The number of imide groups is 1. The zero-order valence-corrected chi connectivity index (χ0v) is 13.4. The van der Waals surface area contributed by atoms with Crippen molar-refractivity contribution < 1.29 is 24.2 Å². The third kappa shape index (κ3) is 1.70. The molecule has 0 aliphatic carbocycles. The van der Waals surface area contributed by atoms with E-state index < -0.39 is 23.0 Å². The smallest absolute Gasteiger partial charge is 0.241 e. The molecule has 3 aliphatic heterocycles. The Morgan fingerprint density at radius 3 is 2.38 bits per heavy atom. The van der Waals surface area contributed by atoms with E-state index in [1.165, 1.54) is 6.92 Å². The van der Waals surface area contributed by atoms with Crippen LogP contribution in [0.3, 0.4) is 0 Å². The van der Waals surface area contributed by atoms with Gasteiger partial charge in [-0.2, -0.15) is 0 Å². The molecular formula is C18H17NO5. The van der Waals surface area contributed by atoms with Gasteiger partial charge in [-0.05, 0) is 38.1 Å². The van der Waals surface area contributed by atoms with Gasteiger partial charge in [-0.1, -0.05) is 12.2 Å². The number of carbonyl (C=O) groups excluding carboxylic acids is 3. The number of anilines is 1. The van der Waals surface area contributed by atoms with Crippen molar-refractivity contribution in [2.24, 2.45) is 11.8 Å². The average Bonchev–Trinajstić information content (AvgIpc) is 3.14. The Hall–Kier alpha value is -2.31. The number of ether oxygens (including phenoxy) is 1. The van der Waals surface area contributed by atoms with Crippen molar-refractivity contribution in [3.8, 4) is 0 Å². The Labute approximate surface area is 138 Å². The highest BCUT2D eigenvalue weighted by Gasteiger charge is 2.72. The molecule has 2 saturated heterocycles. The summed E-state index contributed by atoms with van der Waals surface area (Å²) >= 11 is 0. The first-order valence-electron chi connectivity index (χ1n) is 7.83. The van der Waals surface area contributed by atoms with Gasteiger partial charge < -0.3 is 9.84 Å². The number of hydrogen-bond acceptors (Lipinski definition) is 5. The summed E-state index contributed by atoms with van der Waals surface area (Å²) < 4.78 is 5.87. The van der Waals surface area contributed by atoms with Crippen LogP contribution < -0.4 is 4.90 Å².